The maximum absolute atomic E-state index is 10.4. The minimum absolute atomic E-state index is 0.0842. The highest BCUT2D eigenvalue weighted by molar-refractivity contribution is 5.71. The Balaban J connectivity index is 3.27. The highest BCUT2D eigenvalue weighted by Crippen LogP contribution is 1.69. The lowest BCUT2D eigenvalue weighted by molar-refractivity contribution is -0.139. The number of hydrogen-bond donors (Lipinski definition) is 1. The van der Waals surface area contributed by atoms with Crippen LogP contribution in [0.15, 0.2) is 12.3 Å². The van der Waals surface area contributed by atoms with Gasteiger partial charge in [-0.2, -0.15) is 0 Å². The summed E-state index contributed by atoms with van der Waals surface area (Å²) in [6.45, 7) is 0.0842. The third-order valence-electron chi connectivity index (χ3n) is 0.767. The van der Waals surface area contributed by atoms with E-state index in [0.29, 0.717) is 6.29 Å². The lowest BCUT2D eigenvalue weighted by Gasteiger charge is -1.96. The van der Waals surface area contributed by atoms with Gasteiger partial charge in [0.05, 0.1) is 7.11 Å². The fourth-order valence-electron chi connectivity index (χ4n) is 0.322. The molecule has 0 aliphatic rings. The number of allylic oxidation sites excluding steroid dienone is 1. The normalized spacial score (nSPS) is 9.30. The average molecular weight is 143 g/mol. The Morgan fingerprint density at radius 1 is 1.70 bits per heavy atom. The first kappa shape index (κ1) is 8.68. The summed E-state index contributed by atoms with van der Waals surface area (Å²) in [5, 5.41) is 2.55. The highest BCUT2D eigenvalue weighted by atomic mass is 16.5. The molecule has 0 aromatic heterocycles. The maximum atomic E-state index is 10.4. The molecule has 0 aliphatic carbocycles. The average Bonchev–Trinajstić information content (AvgIpc) is 1.98. The molecule has 0 unspecified atom stereocenters. The minimum Gasteiger partial charge on any atom is -0.468 e. The van der Waals surface area contributed by atoms with E-state index in [1.165, 1.54) is 19.4 Å². The van der Waals surface area contributed by atoms with Crippen molar-refractivity contribution in [3.63, 3.8) is 0 Å². The van der Waals surface area contributed by atoms with Gasteiger partial charge in [0.15, 0.2) is 0 Å². The molecule has 1 N–H and O–H groups in total. The van der Waals surface area contributed by atoms with Gasteiger partial charge >= 0.3 is 5.97 Å². The van der Waals surface area contributed by atoms with Crippen molar-refractivity contribution in [1.29, 1.82) is 0 Å². The summed E-state index contributed by atoms with van der Waals surface area (Å²) < 4.78 is 4.31. The van der Waals surface area contributed by atoms with E-state index in [1.54, 1.807) is 0 Å². The van der Waals surface area contributed by atoms with Gasteiger partial charge in [0.2, 0.25) is 0 Å². The van der Waals surface area contributed by atoms with Crippen LogP contribution in [0.1, 0.15) is 0 Å². The topological polar surface area (TPSA) is 55.4 Å². The van der Waals surface area contributed by atoms with Gasteiger partial charge in [0.1, 0.15) is 12.8 Å². The molecular weight excluding hydrogens is 134 g/mol. The third-order valence-corrected chi connectivity index (χ3v) is 0.767. The molecule has 0 heterocycles. The van der Waals surface area contributed by atoms with E-state index in [1.807, 2.05) is 0 Å². The molecular formula is C6H9NO3. The number of rotatable bonds is 4. The number of hydrogen-bond acceptors (Lipinski definition) is 4. The number of esters is 1. The molecule has 0 aromatic rings. The zero-order valence-electron chi connectivity index (χ0n) is 5.66. The predicted octanol–water partition coefficient (Wildman–Crippen LogP) is -0.538. The first-order chi connectivity index (χ1) is 4.81. The Morgan fingerprint density at radius 3 is 2.90 bits per heavy atom. The fraction of sp³-hybridized carbons (Fsp3) is 0.333. The molecule has 4 heteroatoms. The molecule has 0 aliphatic heterocycles. The number of ether oxygens (including phenoxy) is 1. The van der Waals surface area contributed by atoms with Crippen molar-refractivity contribution in [2.45, 2.75) is 0 Å². The second kappa shape index (κ2) is 5.81. The lowest BCUT2D eigenvalue weighted by Crippen LogP contribution is -2.18. The van der Waals surface area contributed by atoms with E-state index in [4.69, 9.17) is 0 Å². The summed E-state index contributed by atoms with van der Waals surface area (Å²) >= 11 is 0. The maximum Gasteiger partial charge on any atom is 0.325 e. The number of carbonyl (C=O) groups is 2. The van der Waals surface area contributed by atoms with Gasteiger partial charge in [-0.15, -0.1) is 0 Å². The SMILES string of the molecule is COC(=O)CN/C=C/C=O. The summed E-state index contributed by atoms with van der Waals surface area (Å²) in [4.78, 5) is 20.0. The van der Waals surface area contributed by atoms with Crippen LogP contribution in [0.3, 0.4) is 0 Å². The van der Waals surface area contributed by atoms with E-state index in [2.05, 4.69) is 10.1 Å². The second-order valence-electron chi connectivity index (χ2n) is 1.45. The molecule has 0 rings (SSSR count). The molecule has 4 nitrogen and oxygen atoms in total. The lowest BCUT2D eigenvalue weighted by atomic mass is 10.6. The van der Waals surface area contributed by atoms with Gasteiger partial charge in [-0.25, -0.2) is 0 Å². The van der Waals surface area contributed by atoms with Gasteiger partial charge in [-0.1, -0.05) is 0 Å². The van der Waals surface area contributed by atoms with Crippen LogP contribution < -0.4 is 5.32 Å². The molecule has 0 bridgehead atoms. The Morgan fingerprint density at radius 2 is 2.40 bits per heavy atom. The third kappa shape index (κ3) is 4.83. The zero-order valence-corrected chi connectivity index (χ0v) is 5.66. The number of methoxy groups -OCH3 is 1. The molecule has 0 saturated carbocycles. The van der Waals surface area contributed by atoms with Crippen molar-refractivity contribution in [2.24, 2.45) is 0 Å². The van der Waals surface area contributed by atoms with Crippen LogP contribution in [0.5, 0.6) is 0 Å². The number of nitrogens with one attached hydrogen (secondary N) is 1. The first-order valence-corrected chi connectivity index (χ1v) is 2.71. The van der Waals surface area contributed by atoms with Crippen LogP contribution in [0, 0.1) is 0 Å². The quantitative estimate of drug-likeness (QED) is 0.326. The van der Waals surface area contributed by atoms with Gasteiger partial charge in [0.25, 0.3) is 0 Å². The predicted molar refractivity (Wildman–Crippen MR) is 35.2 cm³/mol. The number of carbonyl (C=O) groups excluding carboxylic acids is 2. The second-order valence-corrected chi connectivity index (χ2v) is 1.45. The first-order valence-electron chi connectivity index (χ1n) is 2.71. The van der Waals surface area contributed by atoms with Crippen molar-refractivity contribution in [3.8, 4) is 0 Å². The summed E-state index contributed by atoms with van der Waals surface area (Å²) in [5.74, 6) is -0.365. The van der Waals surface area contributed by atoms with E-state index in [9.17, 15) is 9.59 Å². The molecule has 0 radical (unpaired) electrons. The van der Waals surface area contributed by atoms with Crippen molar-refractivity contribution in [2.75, 3.05) is 13.7 Å². The summed E-state index contributed by atoms with van der Waals surface area (Å²) in [5.41, 5.74) is 0. The molecule has 0 amide bonds. The summed E-state index contributed by atoms with van der Waals surface area (Å²) in [6.07, 6.45) is 3.25. The van der Waals surface area contributed by atoms with E-state index in [0.717, 1.165) is 0 Å². The van der Waals surface area contributed by atoms with E-state index < -0.39 is 0 Å². The summed E-state index contributed by atoms with van der Waals surface area (Å²) in [6, 6.07) is 0. The van der Waals surface area contributed by atoms with Gasteiger partial charge in [-0.05, 0) is 6.08 Å². The molecule has 0 fully saturated rings. The van der Waals surface area contributed by atoms with E-state index >= 15 is 0 Å². The Bertz CT molecular complexity index is 142. The monoisotopic (exact) mass is 143 g/mol. The highest BCUT2D eigenvalue weighted by Gasteiger charge is 1.93. The van der Waals surface area contributed by atoms with Crippen LogP contribution in [-0.2, 0) is 14.3 Å². The molecule has 0 atom stereocenters. The van der Waals surface area contributed by atoms with Gasteiger partial charge in [-0.3, -0.25) is 9.59 Å². The smallest absolute Gasteiger partial charge is 0.325 e. The van der Waals surface area contributed by atoms with Crippen LogP contribution in [0.4, 0.5) is 0 Å². The Hall–Kier alpha value is -1.32. The zero-order chi connectivity index (χ0) is 7.82. The van der Waals surface area contributed by atoms with Crippen molar-refractivity contribution in [3.05, 3.63) is 12.3 Å². The largest absolute Gasteiger partial charge is 0.468 e. The Kier molecular flexibility index (Phi) is 5.04. The fourth-order valence-corrected chi connectivity index (χ4v) is 0.322. The Labute approximate surface area is 58.9 Å². The molecule has 56 valence electrons. The molecule has 10 heavy (non-hydrogen) atoms. The van der Waals surface area contributed by atoms with Crippen molar-refractivity contribution >= 4 is 12.3 Å². The van der Waals surface area contributed by atoms with E-state index in [-0.39, 0.29) is 12.5 Å². The molecule has 0 saturated heterocycles. The minimum atomic E-state index is -0.365. The summed E-state index contributed by atoms with van der Waals surface area (Å²) in [7, 11) is 1.30. The standard InChI is InChI=1S/C6H9NO3/c1-10-6(9)5-7-3-2-4-8/h2-4,7H,5H2,1H3/b3-2+. The van der Waals surface area contributed by atoms with Crippen molar-refractivity contribution in [1.82, 2.24) is 5.32 Å². The molecule has 0 spiro atoms. The molecule has 0 aromatic carbocycles. The van der Waals surface area contributed by atoms with Gasteiger partial charge < -0.3 is 10.1 Å². The van der Waals surface area contributed by atoms with Gasteiger partial charge in [0, 0.05) is 6.20 Å². The van der Waals surface area contributed by atoms with Crippen LogP contribution >= 0.6 is 0 Å². The number of aldehydes is 1. The van der Waals surface area contributed by atoms with Crippen LogP contribution in [-0.4, -0.2) is 25.9 Å². The van der Waals surface area contributed by atoms with Crippen LogP contribution in [0.25, 0.3) is 0 Å². The van der Waals surface area contributed by atoms with Crippen LogP contribution in [0.2, 0.25) is 0 Å². The van der Waals surface area contributed by atoms with Crippen molar-refractivity contribution < 1.29 is 14.3 Å².